The first-order chi connectivity index (χ1) is 7.67. The van der Waals surface area contributed by atoms with E-state index in [1.165, 1.54) is 0 Å². The zero-order valence-corrected chi connectivity index (χ0v) is 10.2. The van der Waals surface area contributed by atoms with Crippen molar-refractivity contribution in [3.8, 4) is 0 Å². The van der Waals surface area contributed by atoms with Crippen LogP contribution in [0, 0.1) is 0 Å². The average Bonchev–Trinajstić information content (AvgIpc) is 2.30. The minimum Gasteiger partial charge on any atom is -0.481 e. The first kappa shape index (κ1) is 11.5. The molecule has 5 heteroatoms. The van der Waals surface area contributed by atoms with Crippen LogP contribution in [0.2, 0.25) is 0 Å². The van der Waals surface area contributed by atoms with Gasteiger partial charge in [-0.2, -0.15) is 0 Å². The second-order valence-electron chi connectivity index (χ2n) is 3.84. The number of hydrogen-bond donors (Lipinski definition) is 1. The fourth-order valence-electron chi connectivity index (χ4n) is 2.06. The highest BCUT2D eigenvalue weighted by Crippen LogP contribution is 2.38. The maximum absolute atomic E-state index is 11.5. The number of carboxylic acids is 1. The van der Waals surface area contributed by atoms with Crippen LogP contribution in [0.1, 0.15) is 18.4 Å². The lowest BCUT2D eigenvalue weighted by Crippen LogP contribution is -2.41. The van der Waals surface area contributed by atoms with Gasteiger partial charge in [-0.25, -0.2) is 4.98 Å². The van der Waals surface area contributed by atoms with Gasteiger partial charge in [0, 0.05) is 25.0 Å². The summed E-state index contributed by atoms with van der Waals surface area (Å²) in [5.41, 5.74) is -0.114. The third-order valence-corrected chi connectivity index (χ3v) is 3.66. The first-order valence-corrected chi connectivity index (χ1v) is 5.88. The quantitative estimate of drug-likeness (QED) is 0.844. The van der Waals surface area contributed by atoms with Gasteiger partial charge < -0.3 is 9.84 Å². The van der Waals surface area contributed by atoms with Crippen LogP contribution in [-0.2, 0) is 14.9 Å². The predicted molar refractivity (Wildman–Crippen MR) is 61.3 cm³/mol. The van der Waals surface area contributed by atoms with Crippen LogP contribution >= 0.6 is 15.9 Å². The number of aliphatic carboxylic acids is 1. The zero-order valence-electron chi connectivity index (χ0n) is 8.65. The first-order valence-electron chi connectivity index (χ1n) is 5.09. The summed E-state index contributed by atoms with van der Waals surface area (Å²) in [5, 5.41) is 9.46. The third kappa shape index (κ3) is 1.85. The number of carboxylic acid groups (broad SMARTS) is 1. The highest BCUT2D eigenvalue weighted by atomic mass is 79.9. The molecule has 1 fully saturated rings. The predicted octanol–water partition coefficient (Wildman–Crippen LogP) is 1.98. The van der Waals surface area contributed by atoms with Crippen molar-refractivity contribution in [3.05, 3.63) is 28.5 Å². The van der Waals surface area contributed by atoms with Gasteiger partial charge in [0.05, 0.1) is 5.41 Å². The minimum absolute atomic E-state index is 0.480. The summed E-state index contributed by atoms with van der Waals surface area (Å²) in [5.74, 6) is -0.801. The van der Waals surface area contributed by atoms with Gasteiger partial charge in [-0.3, -0.25) is 4.79 Å². The molecule has 1 saturated heterocycles. The molecule has 1 aromatic heterocycles. The van der Waals surface area contributed by atoms with E-state index in [0.29, 0.717) is 30.7 Å². The van der Waals surface area contributed by atoms with E-state index in [0.717, 1.165) is 5.56 Å². The summed E-state index contributed by atoms with van der Waals surface area (Å²) in [4.78, 5) is 15.6. The molecule has 0 atom stereocenters. The highest BCUT2D eigenvalue weighted by molar-refractivity contribution is 9.10. The van der Waals surface area contributed by atoms with E-state index < -0.39 is 11.4 Å². The SMILES string of the molecule is O=C(O)C1(c2cccnc2Br)CCOCC1. The molecule has 1 aliphatic rings. The second kappa shape index (κ2) is 4.51. The lowest BCUT2D eigenvalue weighted by Gasteiger charge is -2.33. The van der Waals surface area contributed by atoms with E-state index >= 15 is 0 Å². The monoisotopic (exact) mass is 285 g/mol. The Hall–Kier alpha value is -0.940. The van der Waals surface area contributed by atoms with Crippen molar-refractivity contribution in [2.24, 2.45) is 0 Å². The smallest absolute Gasteiger partial charge is 0.314 e. The summed E-state index contributed by atoms with van der Waals surface area (Å²) >= 11 is 3.32. The molecule has 0 saturated carbocycles. The molecular formula is C11H12BrNO3. The van der Waals surface area contributed by atoms with E-state index in [-0.39, 0.29) is 0 Å². The van der Waals surface area contributed by atoms with Gasteiger partial charge in [-0.1, -0.05) is 6.07 Å². The Bertz CT molecular complexity index is 402. The van der Waals surface area contributed by atoms with Crippen LogP contribution in [0.3, 0.4) is 0 Å². The number of pyridine rings is 1. The van der Waals surface area contributed by atoms with E-state index in [9.17, 15) is 9.90 Å². The molecule has 1 aliphatic heterocycles. The Morgan fingerprint density at radius 3 is 2.75 bits per heavy atom. The molecule has 0 aromatic carbocycles. The van der Waals surface area contributed by atoms with Crippen LogP contribution in [0.15, 0.2) is 22.9 Å². The molecular weight excluding hydrogens is 274 g/mol. The molecule has 1 aromatic rings. The lowest BCUT2D eigenvalue weighted by atomic mass is 9.75. The molecule has 0 aliphatic carbocycles. The fourth-order valence-corrected chi connectivity index (χ4v) is 2.69. The Morgan fingerprint density at radius 1 is 1.50 bits per heavy atom. The zero-order chi connectivity index (χ0) is 11.6. The standard InChI is InChI=1S/C11H12BrNO3/c12-9-8(2-1-5-13-9)11(10(14)15)3-6-16-7-4-11/h1-2,5H,3-4,6-7H2,(H,14,15). The molecule has 0 unspecified atom stereocenters. The Labute approximate surface area is 102 Å². The van der Waals surface area contributed by atoms with Crippen LogP contribution in [0.25, 0.3) is 0 Å². The highest BCUT2D eigenvalue weighted by Gasteiger charge is 2.43. The number of aromatic nitrogens is 1. The van der Waals surface area contributed by atoms with E-state index in [4.69, 9.17) is 4.74 Å². The topological polar surface area (TPSA) is 59.4 Å². The van der Waals surface area contributed by atoms with Gasteiger partial charge in [-0.15, -0.1) is 0 Å². The normalized spacial score (nSPS) is 19.3. The Morgan fingerprint density at radius 2 is 2.19 bits per heavy atom. The van der Waals surface area contributed by atoms with Gasteiger partial charge in [0.2, 0.25) is 0 Å². The maximum atomic E-state index is 11.5. The summed E-state index contributed by atoms with van der Waals surface area (Å²) < 4.78 is 5.85. The van der Waals surface area contributed by atoms with Gasteiger partial charge >= 0.3 is 5.97 Å². The van der Waals surface area contributed by atoms with Gasteiger partial charge in [0.25, 0.3) is 0 Å². The maximum Gasteiger partial charge on any atom is 0.314 e. The number of ether oxygens (including phenoxy) is 1. The van der Waals surface area contributed by atoms with E-state index in [1.807, 2.05) is 6.07 Å². The number of rotatable bonds is 2. The average molecular weight is 286 g/mol. The molecule has 2 rings (SSSR count). The van der Waals surface area contributed by atoms with Crippen molar-refractivity contribution >= 4 is 21.9 Å². The molecule has 1 N–H and O–H groups in total. The molecule has 2 heterocycles. The Balaban J connectivity index is 2.47. The molecule has 0 radical (unpaired) electrons. The minimum atomic E-state index is -0.856. The van der Waals surface area contributed by atoms with Gasteiger partial charge in [0.1, 0.15) is 4.60 Å². The number of halogens is 1. The molecule has 16 heavy (non-hydrogen) atoms. The van der Waals surface area contributed by atoms with Crippen LogP contribution < -0.4 is 0 Å². The molecule has 0 amide bonds. The fraction of sp³-hybridized carbons (Fsp3) is 0.455. The number of nitrogens with zero attached hydrogens (tertiary/aromatic N) is 1. The Kier molecular flexibility index (Phi) is 3.25. The van der Waals surface area contributed by atoms with Crippen molar-refractivity contribution < 1.29 is 14.6 Å². The number of carbonyl (C=O) groups is 1. The van der Waals surface area contributed by atoms with Crippen molar-refractivity contribution in [3.63, 3.8) is 0 Å². The van der Waals surface area contributed by atoms with E-state index in [2.05, 4.69) is 20.9 Å². The molecule has 0 spiro atoms. The van der Waals surface area contributed by atoms with Crippen molar-refractivity contribution in [2.75, 3.05) is 13.2 Å². The van der Waals surface area contributed by atoms with Crippen LogP contribution in [0.4, 0.5) is 0 Å². The lowest BCUT2D eigenvalue weighted by molar-refractivity contribution is -0.147. The largest absolute Gasteiger partial charge is 0.481 e. The number of hydrogen-bond acceptors (Lipinski definition) is 3. The summed E-state index contributed by atoms with van der Waals surface area (Å²) in [6, 6.07) is 3.58. The third-order valence-electron chi connectivity index (χ3n) is 3.03. The summed E-state index contributed by atoms with van der Waals surface area (Å²) in [6.45, 7) is 0.960. The van der Waals surface area contributed by atoms with E-state index in [1.54, 1.807) is 12.3 Å². The second-order valence-corrected chi connectivity index (χ2v) is 4.59. The van der Waals surface area contributed by atoms with Gasteiger partial charge in [0.15, 0.2) is 0 Å². The molecule has 0 bridgehead atoms. The molecule has 4 nitrogen and oxygen atoms in total. The van der Waals surface area contributed by atoms with Crippen molar-refractivity contribution in [1.29, 1.82) is 0 Å². The van der Waals surface area contributed by atoms with Crippen LogP contribution in [-0.4, -0.2) is 29.3 Å². The van der Waals surface area contributed by atoms with Crippen molar-refractivity contribution in [1.82, 2.24) is 4.98 Å². The van der Waals surface area contributed by atoms with Crippen LogP contribution in [0.5, 0.6) is 0 Å². The summed E-state index contributed by atoms with van der Waals surface area (Å²) in [7, 11) is 0. The summed E-state index contributed by atoms with van der Waals surface area (Å²) in [6.07, 6.45) is 2.63. The molecule has 86 valence electrons. The van der Waals surface area contributed by atoms with Crippen molar-refractivity contribution in [2.45, 2.75) is 18.3 Å². The van der Waals surface area contributed by atoms with Gasteiger partial charge in [-0.05, 0) is 34.8 Å².